The van der Waals surface area contributed by atoms with Crippen molar-refractivity contribution in [1.29, 1.82) is 0 Å². The quantitative estimate of drug-likeness (QED) is 0.392. The molecule has 0 spiro atoms. The second-order valence-electron chi connectivity index (χ2n) is 3.53. The topological polar surface area (TPSA) is 114 Å². The molecular formula is C12H10Na2O6S2. The van der Waals surface area contributed by atoms with Crippen LogP contribution in [0.2, 0.25) is 0 Å². The molecule has 0 bridgehead atoms. The summed E-state index contributed by atoms with van der Waals surface area (Å²) in [4.78, 5) is -0.370. The molecule has 0 aliphatic carbocycles. The molecule has 0 aromatic heterocycles. The van der Waals surface area contributed by atoms with Gasteiger partial charge in [0.25, 0.3) is 0 Å². The standard InChI is InChI=1S/2C6H6O3S.2Na/c2*7-10(8,9)6-4-2-1-3-5-6;;/h2*1-5H,(H,7,8,9);;/q;;2*+1/p-2. The normalized spacial score (nSPS) is 10.3. The SMILES string of the molecule is O=S(=O)([O-])c1ccccc1.O=S(=O)([O-])c1ccccc1.[Na+].[Na+]. The van der Waals surface area contributed by atoms with Crippen LogP contribution in [0.5, 0.6) is 0 Å². The van der Waals surface area contributed by atoms with E-state index in [4.69, 9.17) is 0 Å². The molecule has 2 rings (SSSR count). The molecule has 0 fully saturated rings. The molecule has 0 radical (unpaired) electrons. The molecule has 0 saturated heterocycles. The Balaban J connectivity index is 0. The molecule has 6 nitrogen and oxygen atoms in total. The maximum absolute atomic E-state index is 10.3. The predicted molar refractivity (Wildman–Crippen MR) is 68.8 cm³/mol. The molecule has 0 heterocycles. The Morgan fingerprint density at radius 2 is 0.773 bits per heavy atom. The zero-order valence-electron chi connectivity index (χ0n) is 12.0. The summed E-state index contributed by atoms with van der Waals surface area (Å²) in [5, 5.41) is 0. The average molecular weight is 360 g/mol. The molecule has 22 heavy (non-hydrogen) atoms. The summed E-state index contributed by atoms with van der Waals surface area (Å²) in [5.74, 6) is 0. The molecule has 108 valence electrons. The van der Waals surface area contributed by atoms with Crippen molar-refractivity contribution in [3.63, 3.8) is 0 Å². The Labute approximate surface area is 174 Å². The first-order valence-corrected chi connectivity index (χ1v) is 8.05. The fourth-order valence-corrected chi connectivity index (χ4v) is 2.16. The first kappa shape index (κ1) is 24.5. The second kappa shape index (κ2) is 10.9. The van der Waals surface area contributed by atoms with Gasteiger partial charge >= 0.3 is 59.1 Å². The van der Waals surface area contributed by atoms with Crippen LogP contribution in [0.1, 0.15) is 0 Å². The van der Waals surface area contributed by atoms with Crippen molar-refractivity contribution in [3.05, 3.63) is 60.7 Å². The molecule has 0 N–H and O–H groups in total. The third-order valence-corrected chi connectivity index (χ3v) is 3.76. The van der Waals surface area contributed by atoms with Gasteiger partial charge in [-0.3, -0.25) is 0 Å². The summed E-state index contributed by atoms with van der Waals surface area (Å²) in [5.41, 5.74) is 0. The molecule has 0 unspecified atom stereocenters. The fraction of sp³-hybridized carbons (Fsp3) is 0. The van der Waals surface area contributed by atoms with Crippen LogP contribution in [0.25, 0.3) is 0 Å². The first-order valence-electron chi connectivity index (χ1n) is 5.23. The van der Waals surface area contributed by atoms with E-state index >= 15 is 0 Å². The maximum atomic E-state index is 10.3. The van der Waals surface area contributed by atoms with Gasteiger partial charge in [0, 0.05) is 0 Å². The monoisotopic (exact) mass is 360 g/mol. The van der Waals surface area contributed by atoms with E-state index in [2.05, 4.69) is 0 Å². The van der Waals surface area contributed by atoms with Crippen molar-refractivity contribution in [2.45, 2.75) is 9.79 Å². The minimum absolute atomic E-state index is 0. The van der Waals surface area contributed by atoms with E-state index < -0.39 is 20.2 Å². The van der Waals surface area contributed by atoms with Gasteiger partial charge < -0.3 is 9.11 Å². The van der Waals surface area contributed by atoms with E-state index in [1.165, 1.54) is 48.5 Å². The summed E-state index contributed by atoms with van der Waals surface area (Å²) in [7, 11) is -8.51. The molecular weight excluding hydrogens is 350 g/mol. The fourth-order valence-electron chi connectivity index (χ4n) is 1.17. The van der Waals surface area contributed by atoms with Gasteiger partial charge in [-0.1, -0.05) is 36.4 Å². The van der Waals surface area contributed by atoms with Gasteiger partial charge in [0.05, 0.1) is 9.79 Å². The third kappa shape index (κ3) is 9.41. The van der Waals surface area contributed by atoms with Gasteiger partial charge in [0.15, 0.2) is 0 Å². The van der Waals surface area contributed by atoms with Gasteiger partial charge in [-0.05, 0) is 24.3 Å². The van der Waals surface area contributed by atoms with Crippen LogP contribution >= 0.6 is 0 Å². The van der Waals surface area contributed by atoms with E-state index in [1.54, 1.807) is 12.1 Å². The van der Waals surface area contributed by atoms with Gasteiger partial charge in [-0.2, -0.15) is 0 Å². The molecule has 10 heteroatoms. The minimum atomic E-state index is -4.25. The zero-order chi connectivity index (χ0) is 15.2. The van der Waals surface area contributed by atoms with Gasteiger partial charge in [0.2, 0.25) is 0 Å². The largest absolute Gasteiger partial charge is 1.00 e. The second-order valence-corrected chi connectivity index (χ2v) is 6.29. The number of benzene rings is 2. The van der Waals surface area contributed by atoms with Crippen molar-refractivity contribution < 1.29 is 85.1 Å². The Kier molecular flexibility index (Phi) is 12.2. The molecule has 0 atom stereocenters. The van der Waals surface area contributed by atoms with Crippen molar-refractivity contribution in [2.24, 2.45) is 0 Å². The Hall–Kier alpha value is 0.260. The molecule has 0 aliphatic rings. The van der Waals surface area contributed by atoms with Crippen LogP contribution in [-0.4, -0.2) is 25.9 Å². The maximum Gasteiger partial charge on any atom is 1.00 e. The molecule has 0 amide bonds. The van der Waals surface area contributed by atoms with E-state index in [-0.39, 0.29) is 68.9 Å². The number of rotatable bonds is 2. The van der Waals surface area contributed by atoms with Crippen LogP contribution in [0.4, 0.5) is 0 Å². The summed E-state index contributed by atoms with van der Waals surface area (Å²) in [6, 6.07) is 14.4. The summed E-state index contributed by atoms with van der Waals surface area (Å²) in [6.07, 6.45) is 0. The molecule has 0 saturated carbocycles. The first-order chi connectivity index (χ1) is 9.21. The van der Waals surface area contributed by atoms with E-state index in [9.17, 15) is 25.9 Å². The smallest absolute Gasteiger partial charge is 0.744 e. The van der Waals surface area contributed by atoms with Crippen LogP contribution in [0.3, 0.4) is 0 Å². The van der Waals surface area contributed by atoms with Gasteiger partial charge in [0.1, 0.15) is 20.2 Å². The van der Waals surface area contributed by atoms with E-state index in [1.807, 2.05) is 0 Å². The average Bonchev–Trinajstić information content (AvgIpc) is 2.40. The van der Waals surface area contributed by atoms with E-state index in [0.29, 0.717) is 0 Å². The molecule has 2 aromatic rings. The predicted octanol–water partition coefficient (Wildman–Crippen LogP) is -4.81. The molecule has 0 aliphatic heterocycles. The van der Waals surface area contributed by atoms with Crippen LogP contribution in [-0.2, 0) is 20.2 Å². The van der Waals surface area contributed by atoms with Crippen molar-refractivity contribution in [1.82, 2.24) is 0 Å². The Morgan fingerprint density at radius 3 is 0.909 bits per heavy atom. The summed E-state index contributed by atoms with van der Waals surface area (Å²) >= 11 is 0. The van der Waals surface area contributed by atoms with Crippen LogP contribution < -0.4 is 59.1 Å². The number of hydrogen-bond acceptors (Lipinski definition) is 6. The minimum Gasteiger partial charge on any atom is -0.744 e. The third-order valence-electron chi connectivity index (χ3n) is 2.06. The van der Waals surface area contributed by atoms with Crippen molar-refractivity contribution in [2.75, 3.05) is 0 Å². The Bertz CT molecular complexity index is 679. The van der Waals surface area contributed by atoms with Crippen molar-refractivity contribution in [3.8, 4) is 0 Å². The molecule has 2 aromatic carbocycles. The van der Waals surface area contributed by atoms with Crippen molar-refractivity contribution >= 4 is 20.2 Å². The number of hydrogen-bond donors (Lipinski definition) is 0. The Morgan fingerprint density at radius 1 is 0.545 bits per heavy atom. The van der Waals surface area contributed by atoms with Crippen LogP contribution in [0, 0.1) is 0 Å². The van der Waals surface area contributed by atoms with E-state index in [0.717, 1.165) is 0 Å². The summed E-state index contributed by atoms with van der Waals surface area (Å²) < 4.78 is 61.7. The van der Waals surface area contributed by atoms with Crippen LogP contribution in [0.15, 0.2) is 70.5 Å². The van der Waals surface area contributed by atoms with Gasteiger partial charge in [-0.15, -0.1) is 0 Å². The zero-order valence-corrected chi connectivity index (χ0v) is 17.7. The summed E-state index contributed by atoms with van der Waals surface area (Å²) in [6.45, 7) is 0. The van der Waals surface area contributed by atoms with Gasteiger partial charge in [-0.25, -0.2) is 16.8 Å².